The molecule has 0 saturated carbocycles. The minimum absolute atomic E-state index is 0.142. The van der Waals surface area contributed by atoms with Crippen molar-refractivity contribution in [3.05, 3.63) is 23.4 Å². The lowest BCUT2D eigenvalue weighted by Gasteiger charge is -2.18. The van der Waals surface area contributed by atoms with Crippen molar-refractivity contribution in [2.75, 3.05) is 5.73 Å². The summed E-state index contributed by atoms with van der Waals surface area (Å²) in [5, 5.41) is 0. The van der Waals surface area contributed by atoms with E-state index < -0.39 is 0 Å². The van der Waals surface area contributed by atoms with Crippen LogP contribution >= 0.6 is 0 Å². The van der Waals surface area contributed by atoms with Gasteiger partial charge in [0, 0.05) is 12.7 Å². The van der Waals surface area contributed by atoms with Crippen LogP contribution in [0.1, 0.15) is 45.4 Å². The predicted molar refractivity (Wildman–Crippen MR) is 67.9 cm³/mol. The van der Waals surface area contributed by atoms with Crippen LogP contribution in [0.25, 0.3) is 6.08 Å². The molecule has 0 saturated heterocycles. The number of allylic oxidation sites excluding steroid dienone is 1. The second-order valence-electron chi connectivity index (χ2n) is 4.99. The van der Waals surface area contributed by atoms with Crippen molar-refractivity contribution in [3.63, 3.8) is 0 Å². The Balaban J connectivity index is 3.27. The Morgan fingerprint density at radius 2 is 2.00 bits per heavy atom. The third-order valence-electron chi connectivity index (χ3n) is 2.64. The highest BCUT2D eigenvalue weighted by atomic mass is 15.0. The number of rotatable bonds is 2. The molecule has 1 aromatic rings. The highest BCUT2D eigenvalue weighted by Crippen LogP contribution is 2.30. The van der Waals surface area contributed by atoms with E-state index in [9.17, 15) is 0 Å². The monoisotopic (exact) mass is 206 g/mol. The largest absolute Gasteiger partial charge is 0.385 e. The summed E-state index contributed by atoms with van der Waals surface area (Å²) in [5.74, 6) is 0.829. The fraction of sp³-hybridized carbons (Fsp3) is 0.538. The average Bonchev–Trinajstić information content (AvgIpc) is 2.40. The molecule has 0 aliphatic heterocycles. The van der Waals surface area contributed by atoms with Crippen molar-refractivity contribution >= 4 is 11.9 Å². The maximum Gasteiger partial charge on any atom is 0.103 e. The first kappa shape index (κ1) is 11.9. The minimum Gasteiger partial charge on any atom is -0.385 e. The summed E-state index contributed by atoms with van der Waals surface area (Å²) in [6.45, 7) is 8.78. The summed E-state index contributed by atoms with van der Waals surface area (Å²) in [4.78, 5) is 0. The van der Waals surface area contributed by atoms with E-state index in [1.807, 2.05) is 11.6 Å². The SMILES string of the molecule is CCC=Cc1c(C(C)(C)C)cc(N)n1C. The molecule has 1 aromatic heterocycles. The molecule has 1 rings (SSSR count). The Labute approximate surface area is 92.8 Å². The summed E-state index contributed by atoms with van der Waals surface area (Å²) in [6, 6.07) is 2.08. The van der Waals surface area contributed by atoms with E-state index in [4.69, 9.17) is 5.73 Å². The molecule has 0 atom stereocenters. The molecule has 15 heavy (non-hydrogen) atoms. The van der Waals surface area contributed by atoms with Crippen LogP contribution in [0.4, 0.5) is 5.82 Å². The van der Waals surface area contributed by atoms with E-state index >= 15 is 0 Å². The molecular weight excluding hydrogens is 184 g/mol. The van der Waals surface area contributed by atoms with Crippen LogP contribution in [0.15, 0.2) is 12.1 Å². The Morgan fingerprint density at radius 3 is 2.47 bits per heavy atom. The number of hydrogen-bond donors (Lipinski definition) is 1. The molecule has 2 N–H and O–H groups in total. The lowest BCUT2D eigenvalue weighted by Crippen LogP contribution is -2.12. The number of nitrogen functional groups attached to an aromatic ring is 1. The zero-order chi connectivity index (χ0) is 11.6. The molecule has 2 nitrogen and oxygen atoms in total. The fourth-order valence-electron chi connectivity index (χ4n) is 1.67. The van der Waals surface area contributed by atoms with Crippen LogP contribution in [-0.2, 0) is 12.5 Å². The Hall–Kier alpha value is -1.18. The molecule has 1 heterocycles. The van der Waals surface area contributed by atoms with E-state index in [0.29, 0.717) is 0 Å². The van der Waals surface area contributed by atoms with Gasteiger partial charge in [0.1, 0.15) is 5.82 Å². The van der Waals surface area contributed by atoms with E-state index in [0.717, 1.165) is 12.2 Å². The molecule has 84 valence electrons. The third kappa shape index (κ3) is 2.44. The Kier molecular flexibility index (Phi) is 3.28. The fourth-order valence-corrected chi connectivity index (χ4v) is 1.67. The molecular formula is C13H22N2. The molecule has 0 amide bonds. The smallest absolute Gasteiger partial charge is 0.103 e. The van der Waals surface area contributed by atoms with Crippen molar-refractivity contribution in [3.8, 4) is 0 Å². The second kappa shape index (κ2) is 4.13. The number of hydrogen-bond acceptors (Lipinski definition) is 1. The van der Waals surface area contributed by atoms with Gasteiger partial charge in [0.05, 0.1) is 0 Å². The summed E-state index contributed by atoms with van der Waals surface area (Å²) in [6.07, 6.45) is 5.38. The Morgan fingerprint density at radius 1 is 1.40 bits per heavy atom. The maximum absolute atomic E-state index is 5.94. The normalized spacial score (nSPS) is 12.6. The first-order chi connectivity index (χ1) is 6.88. The summed E-state index contributed by atoms with van der Waals surface area (Å²) < 4.78 is 2.05. The van der Waals surface area contributed by atoms with Gasteiger partial charge in [0.15, 0.2) is 0 Å². The van der Waals surface area contributed by atoms with Gasteiger partial charge in [-0.25, -0.2) is 0 Å². The number of nitrogens with zero attached hydrogens (tertiary/aromatic N) is 1. The van der Waals surface area contributed by atoms with Gasteiger partial charge in [-0.2, -0.15) is 0 Å². The lowest BCUT2D eigenvalue weighted by molar-refractivity contribution is 0.587. The van der Waals surface area contributed by atoms with Gasteiger partial charge in [-0.3, -0.25) is 0 Å². The van der Waals surface area contributed by atoms with Crippen molar-refractivity contribution in [2.45, 2.75) is 39.5 Å². The molecule has 0 aromatic carbocycles. The van der Waals surface area contributed by atoms with Crippen LogP contribution in [0.3, 0.4) is 0 Å². The van der Waals surface area contributed by atoms with Crippen molar-refractivity contribution in [1.29, 1.82) is 0 Å². The topological polar surface area (TPSA) is 30.9 Å². The average molecular weight is 206 g/mol. The minimum atomic E-state index is 0.142. The molecule has 0 radical (unpaired) electrons. The van der Waals surface area contributed by atoms with Crippen molar-refractivity contribution in [2.24, 2.45) is 7.05 Å². The zero-order valence-electron chi connectivity index (χ0n) is 10.5. The predicted octanol–water partition coefficient (Wildman–Crippen LogP) is 3.33. The molecule has 0 spiro atoms. The van der Waals surface area contributed by atoms with Crippen LogP contribution in [-0.4, -0.2) is 4.57 Å². The van der Waals surface area contributed by atoms with Gasteiger partial charge in [0.25, 0.3) is 0 Å². The first-order valence-corrected chi connectivity index (χ1v) is 5.50. The van der Waals surface area contributed by atoms with E-state index in [1.54, 1.807) is 0 Å². The number of nitrogens with two attached hydrogens (primary N) is 1. The van der Waals surface area contributed by atoms with Gasteiger partial charge in [-0.1, -0.05) is 33.8 Å². The summed E-state index contributed by atoms with van der Waals surface area (Å²) in [5.41, 5.74) is 8.62. The van der Waals surface area contributed by atoms with Crippen LogP contribution in [0.5, 0.6) is 0 Å². The molecule has 0 bridgehead atoms. The van der Waals surface area contributed by atoms with Crippen molar-refractivity contribution < 1.29 is 0 Å². The summed E-state index contributed by atoms with van der Waals surface area (Å²) in [7, 11) is 2.01. The van der Waals surface area contributed by atoms with E-state index in [-0.39, 0.29) is 5.41 Å². The molecule has 0 unspecified atom stereocenters. The molecule has 0 aliphatic rings. The van der Waals surface area contributed by atoms with Gasteiger partial charge >= 0.3 is 0 Å². The van der Waals surface area contributed by atoms with Gasteiger partial charge in [0.2, 0.25) is 0 Å². The Bertz CT molecular complexity index is 365. The van der Waals surface area contributed by atoms with E-state index in [1.165, 1.54) is 11.3 Å². The second-order valence-corrected chi connectivity index (χ2v) is 4.99. The van der Waals surface area contributed by atoms with Crippen LogP contribution in [0.2, 0.25) is 0 Å². The first-order valence-electron chi connectivity index (χ1n) is 5.50. The third-order valence-corrected chi connectivity index (χ3v) is 2.64. The quantitative estimate of drug-likeness (QED) is 0.790. The number of aromatic nitrogens is 1. The van der Waals surface area contributed by atoms with E-state index in [2.05, 4.69) is 45.9 Å². The highest BCUT2D eigenvalue weighted by molar-refractivity contribution is 5.58. The lowest BCUT2D eigenvalue weighted by atomic mass is 9.87. The molecule has 2 heteroatoms. The zero-order valence-corrected chi connectivity index (χ0v) is 10.5. The molecule has 0 aliphatic carbocycles. The van der Waals surface area contributed by atoms with Crippen molar-refractivity contribution in [1.82, 2.24) is 4.57 Å². The highest BCUT2D eigenvalue weighted by Gasteiger charge is 2.20. The van der Waals surface area contributed by atoms with Gasteiger partial charge in [-0.15, -0.1) is 0 Å². The standard InChI is InChI=1S/C13H22N2/c1-6-7-8-11-10(13(2,3)4)9-12(14)15(11)5/h7-9H,6,14H2,1-5H3. The van der Waals surface area contributed by atoms with Gasteiger partial charge in [-0.05, 0) is 29.5 Å². The van der Waals surface area contributed by atoms with Gasteiger partial charge < -0.3 is 10.3 Å². The molecule has 0 fully saturated rings. The van der Waals surface area contributed by atoms with Crippen LogP contribution < -0.4 is 5.73 Å². The maximum atomic E-state index is 5.94. The summed E-state index contributed by atoms with van der Waals surface area (Å²) >= 11 is 0. The van der Waals surface area contributed by atoms with Crippen LogP contribution in [0, 0.1) is 0 Å². The number of anilines is 1.